The molecule has 0 unspecified atom stereocenters. The van der Waals surface area contributed by atoms with Crippen LogP contribution >= 0.6 is 0 Å². The third-order valence-corrected chi connectivity index (χ3v) is 3.69. The maximum Gasteiger partial charge on any atom is 0.409 e. The Labute approximate surface area is 142 Å². The second-order valence-corrected chi connectivity index (χ2v) is 6.03. The van der Waals surface area contributed by atoms with Crippen molar-refractivity contribution in [1.82, 2.24) is 20.2 Å². The van der Waals surface area contributed by atoms with E-state index in [2.05, 4.69) is 20.6 Å². The van der Waals surface area contributed by atoms with Crippen molar-refractivity contribution in [2.75, 3.05) is 25.0 Å². The third-order valence-electron chi connectivity index (χ3n) is 3.69. The van der Waals surface area contributed by atoms with E-state index in [9.17, 15) is 9.59 Å². The van der Waals surface area contributed by atoms with Crippen LogP contribution < -0.4 is 10.6 Å². The number of piperidine rings is 1. The summed E-state index contributed by atoms with van der Waals surface area (Å²) in [6, 6.07) is 0.269. The molecule has 2 rings (SSSR count). The lowest BCUT2D eigenvalue weighted by Gasteiger charge is -2.31. The molecule has 0 aromatic carbocycles. The van der Waals surface area contributed by atoms with Crippen LogP contribution in [0.4, 0.5) is 10.7 Å². The summed E-state index contributed by atoms with van der Waals surface area (Å²) in [7, 11) is 0. The largest absolute Gasteiger partial charge is 0.450 e. The lowest BCUT2D eigenvalue weighted by molar-refractivity contribution is 0.0941. The summed E-state index contributed by atoms with van der Waals surface area (Å²) in [6.45, 7) is 7.28. The average Bonchev–Trinajstić information content (AvgIpc) is 2.56. The number of nitrogens with one attached hydrogen (secondary N) is 2. The van der Waals surface area contributed by atoms with Crippen LogP contribution in [0.1, 0.15) is 44.0 Å². The average molecular weight is 335 g/mol. The zero-order valence-electron chi connectivity index (χ0n) is 14.4. The number of ether oxygens (including phenoxy) is 1. The normalized spacial score (nSPS) is 15.2. The quantitative estimate of drug-likeness (QED) is 0.849. The number of aromatic nitrogens is 2. The van der Waals surface area contributed by atoms with Crippen LogP contribution in [0.15, 0.2) is 12.4 Å². The molecule has 2 N–H and O–H groups in total. The molecule has 1 aromatic heterocycles. The zero-order valence-corrected chi connectivity index (χ0v) is 14.4. The van der Waals surface area contributed by atoms with E-state index in [1.807, 2.05) is 13.8 Å². The fourth-order valence-electron chi connectivity index (χ4n) is 2.47. The van der Waals surface area contributed by atoms with E-state index in [4.69, 9.17) is 4.74 Å². The lowest BCUT2D eigenvalue weighted by atomic mass is 10.1. The van der Waals surface area contributed by atoms with Crippen LogP contribution in [0.25, 0.3) is 0 Å². The monoisotopic (exact) mass is 335 g/mol. The fraction of sp³-hybridized carbons (Fsp3) is 0.625. The SMILES string of the molecule is CCOC(=O)N1CCC(Nc2ncc(C(=O)NC(C)C)cn2)CC1. The molecule has 1 aliphatic heterocycles. The first-order valence-electron chi connectivity index (χ1n) is 8.30. The summed E-state index contributed by atoms with van der Waals surface area (Å²) in [6.07, 6.45) is 4.38. The first kappa shape index (κ1) is 18.0. The van der Waals surface area contributed by atoms with Gasteiger partial charge in [0.15, 0.2) is 0 Å². The predicted molar refractivity (Wildman–Crippen MR) is 89.9 cm³/mol. The summed E-state index contributed by atoms with van der Waals surface area (Å²) in [4.78, 5) is 33.6. The highest BCUT2D eigenvalue weighted by Crippen LogP contribution is 2.15. The molecule has 24 heavy (non-hydrogen) atoms. The molecule has 0 bridgehead atoms. The van der Waals surface area contributed by atoms with Gasteiger partial charge in [-0.25, -0.2) is 14.8 Å². The Kier molecular flexibility index (Phi) is 6.34. The van der Waals surface area contributed by atoms with Crippen molar-refractivity contribution in [2.24, 2.45) is 0 Å². The molecule has 0 spiro atoms. The van der Waals surface area contributed by atoms with E-state index in [1.54, 1.807) is 11.8 Å². The number of amides is 2. The minimum atomic E-state index is -0.257. The van der Waals surface area contributed by atoms with Crippen molar-refractivity contribution in [3.8, 4) is 0 Å². The van der Waals surface area contributed by atoms with Gasteiger partial charge in [-0.3, -0.25) is 4.79 Å². The van der Waals surface area contributed by atoms with E-state index in [0.29, 0.717) is 31.2 Å². The van der Waals surface area contributed by atoms with Gasteiger partial charge in [-0.2, -0.15) is 0 Å². The molecule has 2 amide bonds. The molecular formula is C16H25N5O3. The molecule has 1 fully saturated rings. The smallest absolute Gasteiger partial charge is 0.409 e. The highest BCUT2D eigenvalue weighted by Gasteiger charge is 2.23. The van der Waals surface area contributed by atoms with Gasteiger partial charge in [0.05, 0.1) is 12.2 Å². The standard InChI is InChI=1S/C16H25N5O3/c1-4-24-16(23)21-7-5-13(6-8-21)20-15-17-9-12(10-18-15)14(22)19-11(2)3/h9-11,13H,4-8H2,1-3H3,(H,19,22)(H,17,18,20). The third kappa shape index (κ3) is 5.07. The van der Waals surface area contributed by atoms with Crippen molar-refractivity contribution in [3.63, 3.8) is 0 Å². The Hall–Kier alpha value is -2.38. The molecule has 1 saturated heterocycles. The van der Waals surface area contributed by atoms with E-state index in [1.165, 1.54) is 12.4 Å². The number of nitrogens with zero attached hydrogens (tertiary/aromatic N) is 3. The Bertz CT molecular complexity index is 553. The molecule has 8 nitrogen and oxygen atoms in total. The van der Waals surface area contributed by atoms with Gasteiger partial charge >= 0.3 is 6.09 Å². The van der Waals surface area contributed by atoms with Gasteiger partial charge in [0.25, 0.3) is 5.91 Å². The van der Waals surface area contributed by atoms with E-state index in [0.717, 1.165) is 12.8 Å². The predicted octanol–water partition coefficient (Wildman–Crippen LogP) is 1.65. The molecule has 2 heterocycles. The lowest BCUT2D eigenvalue weighted by Crippen LogP contribution is -2.42. The van der Waals surface area contributed by atoms with Gasteiger partial charge in [0.2, 0.25) is 5.95 Å². The zero-order chi connectivity index (χ0) is 17.5. The highest BCUT2D eigenvalue weighted by atomic mass is 16.6. The number of carbonyl (C=O) groups is 2. The summed E-state index contributed by atoms with van der Waals surface area (Å²) in [5.41, 5.74) is 0.436. The summed E-state index contributed by atoms with van der Waals surface area (Å²) < 4.78 is 5.00. The minimum absolute atomic E-state index is 0.0693. The Morgan fingerprint density at radius 2 is 1.92 bits per heavy atom. The van der Waals surface area contributed by atoms with E-state index < -0.39 is 0 Å². The maximum absolute atomic E-state index is 11.8. The van der Waals surface area contributed by atoms with Gasteiger partial charge in [0.1, 0.15) is 0 Å². The van der Waals surface area contributed by atoms with Crippen LogP contribution in [0.5, 0.6) is 0 Å². The van der Waals surface area contributed by atoms with Crippen molar-refractivity contribution in [1.29, 1.82) is 0 Å². The van der Waals surface area contributed by atoms with Gasteiger partial charge in [-0.05, 0) is 33.6 Å². The van der Waals surface area contributed by atoms with E-state index in [-0.39, 0.29) is 24.1 Å². The van der Waals surface area contributed by atoms with Crippen molar-refractivity contribution < 1.29 is 14.3 Å². The summed E-state index contributed by atoms with van der Waals surface area (Å²) >= 11 is 0. The van der Waals surface area contributed by atoms with Crippen LogP contribution in [0.3, 0.4) is 0 Å². The molecule has 8 heteroatoms. The molecule has 0 atom stereocenters. The van der Waals surface area contributed by atoms with Gasteiger partial charge < -0.3 is 20.3 Å². The molecule has 0 saturated carbocycles. The molecule has 1 aromatic rings. The summed E-state index contributed by atoms with van der Waals surface area (Å²) in [5.74, 6) is 0.310. The van der Waals surface area contributed by atoms with Crippen LogP contribution in [-0.2, 0) is 4.74 Å². The first-order chi connectivity index (χ1) is 11.5. The van der Waals surface area contributed by atoms with Crippen molar-refractivity contribution >= 4 is 17.9 Å². The van der Waals surface area contributed by atoms with Crippen LogP contribution in [-0.4, -0.2) is 58.6 Å². The number of rotatable bonds is 5. The first-order valence-corrected chi connectivity index (χ1v) is 8.30. The second-order valence-electron chi connectivity index (χ2n) is 6.03. The number of anilines is 1. The molecule has 1 aliphatic rings. The number of likely N-dealkylation sites (tertiary alicyclic amines) is 1. The van der Waals surface area contributed by atoms with Crippen LogP contribution in [0, 0.1) is 0 Å². The number of carbonyl (C=O) groups excluding carboxylic acids is 2. The maximum atomic E-state index is 11.8. The van der Waals surface area contributed by atoms with Crippen molar-refractivity contribution in [3.05, 3.63) is 18.0 Å². The van der Waals surface area contributed by atoms with Gasteiger partial charge in [-0.15, -0.1) is 0 Å². The van der Waals surface area contributed by atoms with Gasteiger partial charge in [-0.1, -0.05) is 0 Å². The van der Waals surface area contributed by atoms with Crippen LogP contribution in [0.2, 0.25) is 0 Å². The molecule has 0 aliphatic carbocycles. The highest BCUT2D eigenvalue weighted by molar-refractivity contribution is 5.93. The van der Waals surface area contributed by atoms with E-state index >= 15 is 0 Å². The number of hydrogen-bond donors (Lipinski definition) is 2. The topological polar surface area (TPSA) is 96.5 Å². The Morgan fingerprint density at radius 1 is 1.29 bits per heavy atom. The van der Waals surface area contributed by atoms with Crippen molar-refractivity contribution in [2.45, 2.75) is 45.7 Å². The minimum Gasteiger partial charge on any atom is -0.450 e. The summed E-state index contributed by atoms with van der Waals surface area (Å²) in [5, 5.41) is 6.04. The van der Waals surface area contributed by atoms with Gasteiger partial charge in [0, 0.05) is 37.6 Å². The Balaban J connectivity index is 1.82. The molecule has 132 valence electrons. The molecule has 0 radical (unpaired) electrons. The second kappa shape index (κ2) is 8.47. The molecular weight excluding hydrogens is 310 g/mol. The Morgan fingerprint density at radius 3 is 2.46 bits per heavy atom. The number of hydrogen-bond acceptors (Lipinski definition) is 6. The fourth-order valence-corrected chi connectivity index (χ4v) is 2.47.